The topological polar surface area (TPSA) is 104 Å². The number of sulfonamides is 1. The van der Waals surface area contributed by atoms with Gasteiger partial charge in [0, 0.05) is 18.2 Å². The van der Waals surface area contributed by atoms with Crippen LogP contribution in [0.2, 0.25) is 0 Å². The largest absolute Gasteiger partial charge is 0.309 e. The van der Waals surface area contributed by atoms with Crippen molar-refractivity contribution in [3.05, 3.63) is 41.6 Å². The maximum atomic E-state index is 12.2. The number of benzene rings is 1. The Hall–Kier alpha value is -2.19. The van der Waals surface area contributed by atoms with E-state index in [-0.39, 0.29) is 10.8 Å². The number of aromatic nitrogens is 2. The maximum Gasteiger partial charge on any atom is 0.240 e. The number of hydrogen-bond donors (Lipinski definition) is 3. The summed E-state index contributed by atoms with van der Waals surface area (Å²) < 4.78 is 25.7. The zero-order chi connectivity index (χ0) is 20.0. The number of nitrogens with zero attached hydrogens (tertiary/aromatic N) is 1. The average molecular weight is 405 g/mol. The number of hydrogen-bond acceptors (Lipinski definition) is 4. The van der Waals surface area contributed by atoms with Crippen LogP contribution in [0.4, 0.5) is 5.82 Å². The Morgan fingerprint density at radius 1 is 1.18 bits per heavy atom. The lowest BCUT2D eigenvalue weighted by Gasteiger charge is -2.20. The van der Waals surface area contributed by atoms with Crippen molar-refractivity contribution in [1.29, 1.82) is 0 Å². The molecule has 1 aromatic carbocycles. The Labute approximate surface area is 166 Å². The van der Waals surface area contributed by atoms with Crippen LogP contribution in [0.25, 0.3) is 0 Å². The smallest absolute Gasteiger partial charge is 0.240 e. The normalized spacial score (nSPS) is 15.5. The molecule has 1 fully saturated rings. The summed E-state index contributed by atoms with van der Waals surface area (Å²) >= 11 is 0. The van der Waals surface area contributed by atoms with Gasteiger partial charge in [-0.1, -0.05) is 44.2 Å². The Kier molecular flexibility index (Phi) is 6.85. The van der Waals surface area contributed by atoms with E-state index in [1.165, 1.54) is 39.2 Å². The molecule has 1 heterocycles. The Morgan fingerprint density at radius 2 is 1.89 bits per heavy atom. The highest BCUT2D eigenvalue weighted by molar-refractivity contribution is 7.89. The minimum atomic E-state index is -3.44. The van der Waals surface area contributed by atoms with Gasteiger partial charge in [-0.25, -0.2) is 13.1 Å². The van der Waals surface area contributed by atoms with Crippen LogP contribution in [0.1, 0.15) is 49.8 Å². The number of amides is 1. The highest BCUT2D eigenvalue weighted by atomic mass is 32.2. The lowest BCUT2D eigenvalue weighted by molar-refractivity contribution is -0.116. The summed E-state index contributed by atoms with van der Waals surface area (Å²) in [7, 11) is -2.06. The van der Waals surface area contributed by atoms with Gasteiger partial charge in [-0.15, -0.1) is 0 Å². The molecule has 2 aromatic rings. The summed E-state index contributed by atoms with van der Waals surface area (Å²) in [5, 5.41) is 10.1. The van der Waals surface area contributed by atoms with E-state index < -0.39 is 10.0 Å². The summed E-state index contributed by atoms with van der Waals surface area (Å²) in [4.78, 5) is 12.4. The standard InChI is InChI=1S/C20H28N4O3S/c1-21-28(26,27)18-10-7-15(8-11-18)9-12-20(25)22-19-14-17(23-24-19)13-16-5-3-2-4-6-16/h7-8,10-11,14,16,21H,2-6,9,12-13H2,1H3,(H2,22,23,24,25). The molecule has 0 bridgehead atoms. The molecule has 0 aliphatic heterocycles. The van der Waals surface area contributed by atoms with Crippen molar-refractivity contribution in [3.8, 4) is 0 Å². The Bertz CT molecular complexity index is 884. The van der Waals surface area contributed by atoms with Crippen LogP contribution >= 0.6 is 0 Å². The molecular formula is C20H28N4O3S. The van der Waals surface area contributed by atoms with E-state index in [2.05, 4.69) is 20.2 Å². The Morgan fingerprint density at radius 3 is 2.57 bits per heavy atom. The van der Waals surface area contributed by atoms with Crippen molar-refractivity contribution in [1.82, 2.24) is 14.9 Å². The maximum absolute atomic E-state index is 12.2. The molecule has 0 saturated heterocycles. The number of nitrogens with one attached hydrogen (secondary N) is 3. The molecule has 1 aliphatic rings. The third kappa shape index (κ3) is 5.65. The summed E-state index contributed by atoms with van der Waals surface area (Å²) in [6.07, 6.45) is 8.34. The summed E-state index contributed by atoms with van der Waals surface area (Å²) in [6, 6.07) is 8.47. The van der Waals surface area contributed by atoms with Crippen LogP contribution in [-0.2, 0) is 27.7 Å². The van der Waals surface area contributed by atoms with Gasteiger partial charge in [0.1, 0.15) is 0 Å². The number of aromatic amines is 1. The van der Waals surface area contributed by atoms with Crippen molar-refractivity contribution < 1.29 is 13.2 Å². The number of anilines is 1. The molecule has 3 rings (SSSR count). The zero-order valence-electron chi connectivity index (χ0n) is 16.2. The first kappa shape index (κ1) is 20.5. The second-order valence-corrected chi connectivity index (χ2v) is 9.27. The molecule has 0 spiro atoms. The van der Waals surface area contributed by atoms with Gasteiger partial charge in [0.05, 0.1) is 4.90 Å². The van der Waals surface area contributed by atoms with Crippen molar-refractivity contribution in [3.63, 3.8) is 0 Å². The van der Waals surface area contributed by atoms with E-state index >= 15 is 0 Å². The molecule has 1 aliphatic carbocycles. The van der Waals surface area contributed by atoms with Crippen molar-refractivity contribution >= 4 is 21.7 Å². The van der Waals surface area contributed by atoms with E-state index in [1.54, 1.807) is 24.3 Å². The zero-order valence-corrected chi connectivity index (χ0v) is 17.0. The highest BCUT2D eigenvalue weighted by Gasteiger charge is 2.16. The third-order valence-corrected chi connectivity index (χ3v) is 6.71. The summed E-state index contributed by atoms with van der Waals surface area (Å²) in [6.45, 7) is 0. The summed E-state index contributed by atoms with van der Waals surface area (Å²) in [5.74, 6) is 1.17. The minimum absolute atomic E-state index is 0.109. The highest BCUT2D eigenvalue weighted by Crippen LogP contribution is 2.26. The lowest BCUT2D eigenvalue weighted by Crippen LogP contribution is -2.18. The SMILES string of the molecule is CNS(=O)(=O)c1ccc(CCC(=O)Nc2cc(CC3CCCCC3)[nH]n2)cc1. The van der Waals surface area contributed by atoms with Crippen LogP contribution < -0.4 is 10.0 Å². The molecule has 3 N–H and O–H groups in total. The van der Waals surface area contributed by atoms with Gasteiger partial charge >= 0.3 is 0 Å². The molecule has 152 valence electrons. The van der Waals surface area contributed by atoms with Gasteiger partial charge in [0.15, 0.2) is 5.82 Å². The third-order valence-electron chi connectivity index (χ3n) is 5.27. The van der Waals surface area contributed by atoms with Crippen LogP contribution in [0.15, 0.2) is 35.2 Å². The van der Waals surface area contributed by atoms with Gasteiger partial charge in [-0.05, 0) is 43.5 Å². The first-order chi connectivity index (χ1) is 13.5. The van der Waals surface area contributed by atoms with Gasteiger partial charge in [-0.3, -0.25) is 9.89 Å². The van der Waals surface area contributed by atoms with Crippen LogP contribution in [0.5, 0.6) is 0 Å². The summed E-state index contributed by atoms with van der Waals surface area (Å²) in [5.41, 5.74) is 1.98. The van der Waals surface area contributed by atoms with Gasteiger partial charge in [-0.2, -0.15) is 5.10 Å². The van der Waals surface area contributed by atoms with Gasteiger partial charge in [0.25, 0.3) is 0 Å². The number of carbonyl (C=O) groups is 1. The Balaban J connectivity index is 1.46. The molecule has 0 radical (unpaired) electrons. The fourth-order valence-corrected chi connectivity index (χ4v) is 4.38. The lowest BCUT2D eigenvalue weighted by atomic mass is 9.86. The fraction of sp³-hybridized carbons (Fsp3) is 0.500. The van der Waals surface area contributed by atoms with Crippen LogP contribution in [0.3, 0.4) is 0 Å². The number of rotatable bonds is 8. The average Bonchev–Trinajstić information content (AvgIpc) is 3.14. The molecule has 7 nitrogen and oxygen atoms in total. The number of aryl methyl sites for hydroxylation is 1. The molecule has 0 unspecified atom stereocenters. The second-order valence-electron chi connectivity index (χ2n) is 7.39. The first-order valence-corrected chi connectivity index (χ1v) is 11.3. The number of H-pyrrole nitrogens is 1. The quantitative estimate of drug-likeness (QED) is 0.629. The van der Waals surface area contributed by atoms with E-state index in [1.807, 2.05) is 6.07 Å². The van der Waals surface area contributed by atoms with Crippen molar-refractivity contribution in [2.45, 2.75) is 56.3 Å². The van der Waals surface area contributed by atoms with Gasteiger partial charge in [0.2, 0.25) is 15.9 Å². The fourth-order valence-electron chi connectivity index (χ4n) is 3.65. The molecule has 1 amide bonds. The minimum Gasteiger partial charge on any atom is -0.309 e. The van der Waals surface area contributed by atoms with Crippen LogP contribution in [0, 0.1) is 5.92 Å². The van der Waals surface area contributed by atoms with E-state index in [0.717, 1.165) is 17.7 Å². The molecule has 1 saturated carbocycles. The molecule has 8 heteroatoms. The second kappa shape index (κ2) is 9.34. The molecule has 0 atom stereocenters. The predicted octanol–water partition coefficient (Wildman–Crippen LogP) is 3.01. The van der Waals surface area contributed by atoms with E-state index in [0.29, 0.717) is 24.6 Å². The van der Waals surface area contributed by atoms with Crippen LogP contribution in [-0.4, -0.2) is 31.6 Å². The number of carbonyl (C=O) groups excluding carboxylic acids is 1. The monoisotopic (exact) mass is 404 g/mol. The van der Waals surface area contributed by atoms with E-state index in [4.69, 9.17) is 0 Å². The van der Waals surface area contributed by atoms with Crippen molar-refractivity contribution in [2.75, 3.05) is 12.4 Å². The molecular weight excluding hydrogens is 376 g/mol. The molecule has 28 heavy (non-hydrogen) atoms. The predicted molar refractivity (Wildman–Crippen MR) is 109 cm³/mol. The molecule has 1 aromatic heterocycles. The van der Waals surface area contributed by atoms with E-state index in [9.17, 15) is 13.2 Å². The first-order valence-electron chi connectivity index (χ1n) is 9.83. The van der Waals surface area contributed by atoms with Crippen molar-refractivity contribution in [2.24, 2.45) is 5.92 Å². The van der Waals surface area contributed by atoms with Gasteiger partial charge < -0.3 is 5.32 Å².